The zero-order valence-corrected chi connectivity index (χ0v) is 13.3. The molecule has 0 radical (unpaired) electrons. The van der Waals surface area contributed by atoms with Crippen molar-refractivity contribution in [3.63, 3.8) is 0 Å². The summed E-state index contributed by atoms with van der Waals surface area (Å²) in [6.45, 7) is 0. The lowest BCUT2D eigenvalue weighted by Crippen LogP contribution is -1.96. The van der Waals surface area contributed by atoms with E-state index in [2.05, 4.69) is 10.2 Å². The summed E-state index contributed by atoms with van der Waals surface area (Å²) in [5.74, 6) is -1.02. The van der Waals surface area contributed by atoms with E-state index in [4.69, 9.17) is 0 Å². The van der Waals surface area contributed by atoms with E-state index in [1.54, 1.807) is 12.1 Å². The number of carbonyl (C=O) groups is 1. The van der Waals surface area contributed by atoms with Crippen LogP contribution in [0.3, 0.4) is 0 Å². The zero-order valence-electron chi connectivity index (χ0n) is 13.3. The van der Waals surface area contributed by atoms with Gasteiger partial charge in [0.1, 0.15) is 5.69 Å². The van der Waals surface area contributed by atoms with Crippen molar-refractivity contribution < 1.29 is 9.90 Å². The van der Waals surface area contributed by atoms with Gasteiger partial charge in [-0.15, -0.1) is 10.2 Å². The molecule has 25 heavy (non-hydrogen) atoms. The molecule has 0 atom stereocenters. The minimum atomic E-state index is -1.02. The van der Waals surface area contributed by atoms with Gasteiger partial charge in [-0.1, -0.05) is 66.7 Å². The predicted octanol–water partition coefficient (Wildman–Crippen LogP) is 6.11. The van der Waals surface area contributed by atoms with Crippen LogP contribution in [-0.4, -0.2) is 11.1 Å². The van der Waals surface area contributed by atoms with Crippen molar-refractivity contribution in [1.29, 1.82) is 0 Å². The number of rotatable bonds is 3. The highest BCUT2D eigenvalue weighted by Gasteiger charge is 2.13. The number of hydrogen-bond donors (Lipinski definition) is 1. The first-order valence-corrected chi connectivity index (χ1v) is 7.88. The monoisotopic (exact) mass is 326 g/mol. The van der Waals surface area contributed by atoms with E-state index >= 15 is 0 Å². The number of aromatic carboxylic acids is 1. The molecule has 1 N–H and O–H groups in total. The van der Waals surface area contributed by atoms with Crippen LogP contribution in [0.15, 0.2) is 89.1 Å². The topological polar surface area (TPSA) is 62.0 Å². The average Bonchev–Trinajstić information content (AvgIpc) is 2.65. The molecule has 0 amide bonds. The number of hydrogen-bond acceptors (Lipinski definition) is 3. The number of carboxylic acid groups (broad SMARTS) is 1. The molecular formula is C21H14N2O2. The molecule has 4 aromatic carbocycles. The molecule has 0 heterocycles. The Morgan fingerprint density at radius 1 is 0.680 bits per heavy atom. The van der Waals surface area contributed by atoms with Gasteiger partial charge in [0.15, 0.2) is 0 Å². The van der Waals surface area contributed by atoms with Gasteiger partial charge in [0.2, 0.25) is 0 Å². The van der Waals surface area contributed by atoms with Gasteiger partial charge >= 0.3 is 5.97 Å². The molecule has 4 rings (SSSR count). The van der Waals surface area contributed by atoms with Crippen molar-refractivity contribution in [2.45, 2.75) is 0 Å². The lowest BCUT2D eigenvalue weighted by atomic mass is 10.0. The van der Waals surface area contributed by atoms with Crippen LogP contribution >= 0.6 is 0 Å². The Balaban J connectivity index is 1.91. The second-order valence-corrected chi connectivity index (χ2v) is 5.69. The lowest BCUT2D eigenvalue weighted by Gasteiger charge is -2.06. The summed E-state index contributed by atoms with van der Waals surface area (Å²) in [5.41, 5.74) is 1.23. The number of fused-ring (bicyclic) bond motifs is 2. The van der Waals surface area contributed by atoms with E-state index in [-0.39, 0.29) is 5.56 Å². The molecular weight excluding hydrogens is 312 g/mol. The quantitative estimate of drug-likeness (QED) is 0.462. The SMILES string of the molecule is O=C(O)c1ccc2ccccc2c1N=Nc1cccc2ccccc12. The number of azo groups is 1. The number of carboxylic acids is 1. The van der Waals surface area contributed by atoms with Crippen molar-refractivity contribution in [2.75, 3.05) is 0 Å². The average molecular weight is 326 g/mol. The molecule has 0 aliphatic heterocycles. The van der Waals surface area contributed by atoms with Gasteiger partial charge < -0.3 is 5.11 Å². The van der Waals surface area contributed by atoms with Gasteiger partial charge in [-0.3, -0.25) is 0 Å². The fourth-order valence-corrected chi connectivity index (χ4v) is 2.93. The van der Waals surface area contributed by atoms with Gasteiger partial charge in [-0.25, -0.2) is 4.79 Å². The second-order valence-electron chi connectivity index (χ2n) is 5.69. The maximum absolute atomic E-state index is 11.6. The standard InChI is InChI=1S/C21H14N2O2/c24-21(25)18-13-12-15-7-2-4-10-17(15)20(18)23-22-19-11-5-8-14-6-1-3-9-16(14)19/h1-13H,(H,24,25). The summed E-state index contributed by atoms with van der Waals surface area (Å²) in [5, 5.41) is 21.9. The largest absolute Gasteiger partial charge is 0.478 e. The molecule has 0 aromatic heterocycles. The molecule has 0 unspecified atom stereocenters. The van der Waals surface area contributed by atoms with E-state index in [9.17, 15) is 9.90 Å². The Kier molecular flexibility index (Phi) is 3.71. The molecule has 0 aliphatic rings. The molecule has 4 aromatic rings. The van der Waals surface area contributed by atoms with E-state index in [0.717, 1.165) is 21.5 Å². The van der Waals surface area contributed by atoms with Crippen LogP contribution in [0.5, 0.6) is 0 Å². The van der Waals surface area contributed by atoms with Crippen LogP contribution < -0.4 is 0 Å². The normalized spacial score (nSPS) is 11.4. The highest BCUT2D eigenvalue weighted by atomic mass is 16.4. The molecule has 0 saturated carbocycles. The summed E-state index contributed by atoms with van der Waals surface area (Å²) in [6, 6.07) is 24.6. The summed E-state index contributed by atoms with van der Waals surface area (Å²) in [6.07, 6.45) is 0. The summed E-state index contributed by atoms with van der Waals surface area (Å²) in [7, 11) is 0. The van der Waals surface area contributed by atoms with Crippen LogP contribution in [0.25, 0.3) is 21.5 Å². The summed E-state index contributed by atoms with van der Waals surface area (Å²) < 4.78 is 0. The van der Waals surface area contributed by atoms with Crippen LogP contribution in [0.1, 0.15) is 10.4 Å². The lowest BCUT2D eigenvalue weighted by molar-refractivity contribution is 0.0698. The van der Waals surface area contributed by atoms with E-state index in [1.165, 1.54) is 0 Å². The van der Waals surface area contributed by atoms with Crippen molar-refractivity contribution in [3.8, 4) is 0 Å². The molecule has 4 nitrogen and oxygen atoms in total. The molecule has 120 valence electrons. The van der Waals surface area contributed by atoms with Gasteiger partial charge in [-0.2, -0.15) is 0 Å². The van der Waals surface area contributed by atoms with Crippen LogP contribution in [0.2, 0.25) is 0 Å². The Morgan fingerprint density at radius 2 is 1.32 bits per heavy atom. The summed E-state index contributed by atoms with van der Waals surface area (Å²) >= 11 is 0. The smallest absolute Gasteiger partial charge is 0.337 e. The predicted molar refractivity (Wildman–Crippen MR) is 99.0 cm³/mol. The minimum absolute atomic E-state index is 0.141. The molecule has 0 fully saturated rings. The zero-order chi connectivity index (χ0) is 17.2. The Hall–Kier alpha value is -3.53. The van der Waals surface area contributed by atoms with Gasteiger partial charge in [0.25, 0.3) is 0 Å². The third-order valence-corrected chi connectivity index (χ3v) is 4.16. The van der Waals surface area contributed by atoms with Crippen LogP contribution in [0, 0.1) is 0 Å². The number of nitrogens with zero attached hydrogens (tertiary/aromatic N) is 2. The molecule has 0 bridgehead atoms. The Bertz CT molecular complexity index is 1130. The first-order chi connectivity index (χ1) is 12.2. The molecule has 0 saturated heterocycles. The molecule has 0 aliphatic carbocycles. The highest BCUT2D eigenvalue weighted by Crippen LogP contribution is 2.33. The maximum atomic E-state index is 11.6. The van der Waals surface area contributed by atoms with Crippen LogP contribution in [-0.2, 0) is 0 Å². The first kappa shape index (κ1) is 15.0. The third-order valence-electron chi connectivity index (χ3n) is 4.16. The minimum Gasteiger partial charge on any atom is -0.478 e. The van der Waals surface area contributed by atoms with E-state index in [0.29, 0.717) is 11.4 Å². The maximum Gasteiger partial charge on any atom is 0.337 e. The molecule has 0 spiro atoms. The van der Waals surface area contributed by atoms with E-state index < -0.39 is 5.97 Å². The van der Waals surface area contributed by atoms with E-state index in [1.807, 2.05) is 66.7 Å². The summed E-state index contributed by atoms with van der Waals surface area (Å²) in [4.78, 5) is 11.6. The van der Waals surface area contributed by atoms with Crippen molar-refractivity contribution in [1.82, 2.24) is 0 Å². The third kappa shape index (κ3) is 2.74. The fraction of sp³-hybridized carbons (Fsp3) is 0. The highest BCUT2D eigenvalue weighted by molar-refractivity contribution is 6.04. The molecule has 4 heteroatoms. The van der Waals surface area contributed by atoms with Gasteiger partial charge in [0.05, 0.1) is 11.3 Å². The first-order valence-electron chi connectivity index (χ1n) is 7.88. The van der Waals surface area contributed by atoms with Crippen molar-refractivity contribution >= 4 is 38.9 Å². The van der Waals surface area contributed by atoms with Crippen molar-refractivity contribution in [2.24, 2.45) is 10.2 Å². The number of benzene rings is 4. The second kappa shape index (κ2) is 6.17. The fourth-order valence-electron chi connectivity index (χ4n) is 2.93. The van der Waals surface area contributed by atoms with Crippen molar-refractivity contribution in [3.05, 3.63) is 84.4 Å². The Labute approximate surface area is 144 Å². The Morgan fingerprint density at radius 3 is 2.08 bits per heavy atom. The van der Waals surface area contributed by atoms with Gasteiger partial charge in [0, 0.05) is 10.8 Å². The van der Waals surface area contributed by atoms with Crippen LogP contribution in [0.4, 0.5) is 11.4 Å². The van der Waals surface area contributed by atoms with Gasteiger partial charge in [-0.05, 0) is 22.9 Å².